The number of aromatic nitrogens is 1. The number of halogens is 1. The molecule has 0 bridgehead atoms. The Bertz CT molecular complexity index is 923. The van der Waals surface area contributed by atoms with Gasteiger partial charge in [0.25, 0.3) is 0 Å². The number of hydrogen-bond acceptors (Lipinski definition) is 4. The van der Waals surface area contributed by atoms with Crippen molar-refractivity contribution in [3.8, 4) is 0 Å². The Balaban J connectivity index is 1.45. The van der Waals surface area contributed by atoms with Gasteiger partial charge in [-0.25, -0.2) is 9.37 Å². The molecule has 1 aliphatic heterocycles. The van der Waals surface area contributed by atoms with Crippen LogP contribution >= 0.6 is 11.3 Å². The van der Waals surface area contributed by atoms with Crippen LogP contribution in [0.4, 0.5) is 4.39 Å². The van der Waals surface area contributed by atoms with Crippen molar-refractivity contribution in [1.29, 1.82) is 0 Å². The van der Waals surface area contributed by atoms with Gasteiger partial charge in [-0.2, -0.15) is 0 Å². The van der Waals surface area contributed by atoms with Crippen molar-refractivity contribution in [1.82, 2.24) is 14.8 Å². The molecule has 0 radical (unpaired) electrons. The largest absolute Gasteiger partial charge is 0.340 e. The number of hydrogen-bond donors (Lipinski definition) is 0. The number of likely N-dealkylation sites (tertiary alicyclic amines) is 1. The molecule has 0 aliphatic carbocycles. The summed E-state index contributed by atoms with van der Waals surface area (Å²) in [5, 5.41) is 1.11. The van der Waals surface area contributed by atoms with Gasteiger partial charge in [0, 0.05) is 13.6 Å². The first kappa shape index (κ1) is 19.0. The lowest BCUT2D eigenvalue weighted by Crippen LogP contribution is -2.42. The molecule has 1 fully saturated rings. The Morgan fingerprint density at radius 2 is 2.00 bits per heavy atom. The zero-order valence-corrected chi connectivity index (χ0v) is 16.8. The lowest BCUT2D eigenvalue weighted by Gasteiger charge is -2.34. The lowest BCUT2D eigenvalue weighted by molar-refractivity contribution is -0.132. The SMILES string of the molecule is CN(Cc1ccc(F)cc1)C(=O)CN1CCCC[C@@H]1c1nc2ccccc2s1. The van der Waals surface area contributed by atoms with E-state index >= 15 is 0 Å². The van der Waals surface area contributed by atoms with E-state index in [-0.39, 0.29) is 17.8 Å². The molecule has 4 nitrogen and oxygen atoms in total. The maximum atomic E-state index is 13.1. The maximum absolute atomic E-state index is 13.1. The highest BCUT2D eigenvalue weighted by atomic mass is 32.1. The standard InChI is InChI=1S/C22H24FN3OS/c1-25(14-16-9-11-17(23)12-10-16)21(27)15-26-13-5-4-7-19(26)22-24-18-6-2-3-8-20(18)28-22/h2-3,6,8-12,19H,4-5,7,13-15H2,1H3/t19-/m1/s1. The minimum absolute atomic E-state index is 0.0809. The molecule has 0 N–H and O–H groups in total. The van der Waals surface area contributed by atoms with Gasteiger partial charge in [-0.15, -0.1) is 11.3 Å². The van der Waals surface area contributed by atoms with Crippen LogP contribution in [0.3, 0.4) is 0 Å². The number of para-hydroxylation sites is 1. The molecule has 3 aromatic rings. The Labute approximate surface area is 168 Å². The Morgan fingerprint density at radius 1 is 1.21 bits per heavy atom. The molecular formula is C22H24FN3OS. The number of thiazole rings is 1. The fourth-order valence-electron chi connectivity index (χ4n) is 3.74. The molecule has 1 aliphatic rings. The van der Waals surface area contributed by atoms with Crippen LogP contribution in [0.15, 0.2) is 48.5 Å². The van der Waals surface area contributed by atoms with Gasteiger partial charge in [0.1, 0.15) is 10.8 Å². The van der Waals surface area contributed by atoms with Gasteiger partial charge in [0.2, 0.25) is 5.91 Å². The van der Waals surface area contributed by atoms with E-state index in [0.29, 0.717) is 13.1 Å². The second-order valence-corrected chi connectivity index (χ2v) is 8.44. The average Bonchev–Trinajstić information content (AvgIpc) is 3.14. The van der Waals surface area contributed by atoms with Gasteiger partial charge in [-0.1, -0.05) is 30.7 Å². The van der Waals surface area contributed by atoms with Crippen molar-refractivity contribution in [2.45, 2.75) is 31.8 Å². The minimum atomic E-state index is -0.260. The summed E-state index contributed by atoms with van der Waals surface area (Å²) in [5.41, 5.74) is 1.96. The molecule has 2 aromatic carbocycles. The van der Waals surface area contributed by atoms with E-state index in [4.69, 9.17) is 4.98 Å². The van der Waals surface area contributed by atoms with Crippen molar-refractivity contribution in [2.24, 2.45) is 0 Å². The smallest absolute Gasteiger partial charge is 0.236 e. The zero-order chi connectivity index (χ0) is 19.5. The summed E-state index contributed by atoms with van der Waals surface area (Å²) < 4.78 is 14.3. The number of amides is 1. The van der Waals surface area contributed by atoms with Crippen LogP contribution in [0, 0.1) is 5.82 Å². The molecule has 1 amide bonds. The topological polar surface area (TPSA) is 36.4 Å². The van der Waals surface area contributed by atoms with Gasteiger partial charge in [0.05, 0.1) is 22.8 Å². The lowest BCUT2D eigenvalue weighted by atomic mass is 10.0. The zero-order valence-electron chi connectivity index (χ0n) is 16.0. The average molecular weight is 398 g/mol. The van der Waals surface area contributed by atoms with E-state index in [1.165, 1.54) is 16.8 Å². The van der Waals surface area contributed by atoms with Gasteiger partial charge < -0.3 is 4.90 Å². The highest BCUT2D eigenvalue weighted by Crippen LogP contribution is 2.35. The second kappa shape index (κ2) is 8.37. The summed E-state index contributed by atoms with van der Waals surface area (Å²) in [4.78, 5) is 21.6. The van der Waals surface area contributed by atoms with Crippen LogP contribution in [-0.2, 0) is 11.3 Å². The predicted octanol–water partition coefficient (Wildman–Crippen LogP) is 4.62. The molecule has 0 unspecified atom stereocenters. The molecule has 1 saturated heterocycles. The first-order valence-electron chi connectivity index (χ1n) is 9.68. The Hall–Kier alpha value is -2.31. The molecule has 146 valence electrons. The highest BCUT2D eigenvalue weighted by molar-refractivity contribution is 7.18. The van der Waals surface area contributed by atoms with E-state index in [1.54, 1.807) is 28.4 Å². The van der Waals surface area contributed by atoms with Crippen molar-refractivity contribution in [3.05, 3.63) is 64.9 Å². The van der Waals surface area contributed by atoms with Crippen molar-refractivity contribution < 1.29 is 9.18 Å². The number of fused-ring (bicyclic) bond motifs is 1. The van der Waals surface area contributed by atoms with Crippen LogP contribution in [0.2, 0.25) is 0 Å². The normalized spacial score (nSPS) is 17.7. The highest BCUT2D eigenvalue weighted by Gasteiger charge is 2.29. The number of rotatable bonds is 5. The van der Waals surface area contributed by atoms with Gasteiger partial charge >= 0.3 is 0 Å². The summed E-state index contributed by atoms with van der Waals surface area (Å²) in [5.74, 6) is -0.179. The van der Waals surface area contributed by atoms with Crippen LogP contribution in [0.25, 0.3) is 10.2 Å². The monoisotopic (exact) mass is 397 g/mol. The van der Waals surface area contributed by atoms with Crippen LogP contribution in [0.1, 0.15) is 35.9 Å². The van der Waals surface area contributed by atoms with Gasteiger partial charge in [0.15, 0.2) is 0 Å². The van der Waals surface area contributed by atoms with E-state index in [0.717, 1.165) is 41.9 Å². The third-order valence-corrected chi connectivity index (χ3v) is 6.44. The minimum Gasteiger partial charge on any atom is -0.340 e. The maximum Gasteiger partial charge on any atom is 0.236 e. The molecular weight excluding hydrogens is 373 g/mol. The molecule has 6 heteroatoms. The molecule has 0 spiro atoms. The number of carbonyl (C=O) groups is 1. The fraction of sp³-hybridized carbons (Fsp3) is 0.364. The van der Waals surface area contributed by atoms with E-state index in [9.17, 15) is 9.18 Å². The first-order valence-corrected chi connectivity index (χ1v) is 10.5. The fourth-order valence-corrected chi connectivity index (χ4v) is 4.88. The third kappa shape index (κ3) is 4.23. The van der Waals surface area contributed by atoms with Gasteiger partial charge in [-0.05, 0) is 49.2 Å². The van der Waals surface area contributed by atoms with Crippen molar-refractivity contribution in [3.63, 3.8) is 0 Å². The van der Waals surface area contributed by atoms with E-state index < -0.39 is 0 Å². The predicted molar refractivity (Wildman–Crippen MR) is 111 cm³/mol. The summed E-state index contributed by atoms with van der Waals surface area (Å²) in [6.45, 7) is 1.79. The van der Waals surface area contributed by atoms with Gasteiger partial charge in [-0.3, -0.25) is 9.69 Å². The molecule has 1 atom stereocenters. The van der Waals surface area contributed by atoms with Crippen molar-refractivity contribution >= 4 is 27.5 Å². The molecule has 28 heavy (non-hydrogen) atoms. The Morgan fingerprint density at radius 3 is 2.79 bits per heavy atom. The molecule has 1 aromatic heterocycles. The summed E-state index contributed by atoms with van der Waals surface area (Å²) in [7, 11) is 1.81. The quantitative estimate of drug-likeness (QED) is 0.630. The first-order chi connectivity index (χ1) is 13.6. The number of nitrogens with zero attached hydrogens (tertiary/aromatic N) is 3. The molecule has 0 saturated carbocycles. The van der Waals surface area contributed by atoms with Crippen LogP contribution in [0.5, 0.6) is 0 Å². The Kier molecular flexibility index (Phi) is 5.69. The summed E-state index contributed by atoms with van der Waals surface area (Å²) in [6.07, 6.45) is 3.31. The van der Waals surface area contributed by atoms with Crippen molar-refractivity contribution in [2.75, 3.05) is 20.1 Å². The van der Waals surface area contributed by atoms with Crippen LogP contribution < -0.4 is 0 Å². The second-order valence-electron chi connectivity index (χ2n) is 7.38. The van der Waals surface area contributed by atoms with E-state index in [2.05, 4.69) is 11.0 Å². The third-order valence-electron chi connectivity index (χ3n) is 5.31. The number of piperidine rings is 1. The molecule has 2 heterocycles. The van der Waals surface area contributed by atoms with E-state index in [1.807, 2.05) is 25.2 Å². The van der Waals surface area contributed by atoms with Crippen LogP contribution in [-0.4, -0.2) is 40.8 Å². The summed E-state index contributed by atoms with van der Waals surface area (Å²) in [6, 6.07) is 14.7. The number of likely N-dealkylation sites (N-methyl/N-ethyl adjacent to an activating group) is 1. The summed E-state index contributed by atoms with van der Waals surface area (Å²) >= 11 is 1.73. The number of benzene rings is 2. The molecule has 4 rings (SSSR count). The number of carbonyl (C=O) groups excluding carboxylic acids is 1.